The predicted octanol–water partition coefficient (Wildman–Crippen LogP) is 2.82. The standard InChI is InChI=1S/C10H11F3N2O2/c1-5(14)6-2-7(10(11,12)13)4-8(3-6)15-9(16)17/h2-5,15H,14H2,1H3,(H,16,17). The molecule has 1 amide bonds. The molecule has 0 saturated heterocycles. The molecule has 0 heterocycles. The molecule has 1 aromatic rings. The van der Waals surface area contributed by atoms with E-state index in [1.807, 2.05) is 5.32 Å². The third-order valence-corrected chi connectivity index (χ3v) is 2.06. The number of hydrogen-bond acceptors (Lipinski definition) is 2. The molecule has 0 aromatic heterocycles. The van der Waals surface area contributed by atoms with Crippen LogP contribution in [-0.2, 0) is 6.18 Å². The number of anilines is 1. The van der Waals surface area contributed by atoms with Crippen LogP contribution in [0.15, 0.2) is 18.2 Å². The van der Waals surface area contributed by atoms with Gasteiger partial charge in [0.2, 0.25) is 0 Å². The zero-order chi connectivity index (χ0) is 13.2. The summed E-state index contributed by atoms with van der Waals surface area (Å²) in [7, 11) is 0. The monoisotopic (exact) mass is 248 g/mol. The number of benzene rings is 1. The molecular weight excluding hydrogens is 237 g/mol. The van der Waals surface area contributed by atoms with Gasteiger partial charge in [-0.1, -0.05) is 0 Å². The van der Waals surface area contributed by atoms with Gasteiger partial charge in [0.05, 0.1) is 5.56 Å². The Kier molecular flexibility index (Phi) is 3.62. The lowest BCUT2D eigenvalue weighted by Crippen LogP contribution is -2.13. The van der Waals surface area contributed by atoms with Crippen molar-refractivity contribution in [3.63, 3.8) is 0 Å². The fourth-order valence-corrected chi connectivity index (χ4v) is 1.27. The number of carboxylic acid groups (broad SMARTS) is 1. The van der Waals surface area contributed by atoms with E-state index in [4.69, 9.17) is 10.8 Å². The molecule has 0 spiro atoms. The van der Waals surface area contributed by atoms with Crippen LogP contribution >= 0.6 is 0 Å². The fourth-order valence-electron chi connectivity index (χ4n) is 1.27. The number of hydrogen-bond donors (Lipinski definition) is 3. The highest BCUT2D eigenvalue weighted by Crippen LogP contribution is 2.33. The average molecular weight is 248 g/mol. The minimum absolute atomic E-state index is 0.153. The maximum Gasteiger partial charge on any atom is 0.416 e. The summed E-state index contributed by atoms with van der Waals surface area (Å²) < 4.78 is 37.6. The van der Waals surface area contributed by atoms with Gasteiger partial charge >= 0.3 is 12.3 Å². The van der Waals surface area contributed by atoms with Crippen molar-refractivity contribution in [2.75, 3.05) is 5.32 Å². The quantitative estimate of drug-likeness (QED) is 0.753. The molecule has 4 N–H and O–H groups in total. The third-order valence-electron chi connectivity index (χ3n) is 2.06. The Labute approximate surface area is 95.2 Å². The van der Waals surface area contributed by atoms with Crippen LogP contribution in [0.5, 0.6) is 0 Å². The lowest BCUT2D eigenvalue weighted by Gasteiger charge is -2.13. The summed E-state index contributed by atoms with van der Waals surface area (Å²) in [5.41, 5.74) is 4.61. The molecule has 4 nitrogen and oxygen atoms in total. The van der Waals surface area contributed by atoms with Crippen molar-refractivity contribution >= 4 is 11.8 Å². The Morgan fingerprint density at radius 2 is 2.00 bits per heavy atom. The van der Waals surface area contributed by atoms with Crippen LogP contribution in [0.2, 0.25) is 0 Å². The number of rotatable bonds is 2. The Hall–Kier alpha value is -1.76. The van der Waals surface area contributed by atoms with Crippen LogP contribution in [0.1, 0.15) is 24.1 Å². The second kappa shape index (κ2) is 4.62. The van der Waals surface area contributed by atoms with Crippen LogP contribution in [0.4, 0.5) is 23.7 Å². The maximum atomic E-state index is 12.5. The SMILES string of the molecule is CC(N)c1cc(NC(=O)O)cc(C(F)(F)F)c1. The van der Waals surface area contributed by atoms with E-state index in [1.54, 1.807) is 0 Å². The van der Waals surface area contributed by atoms with Crippen LogP contribution in [-0.4, -0.2) is 11.2 Å². The number of alkyl halides is 3. The number of carbonyl (C=O) groups is 1. The molecule has 0 radical (unpaired) electrons. The molecule has 7 heteroatoms. The summed E-state index contributed by atoms with van der Waals surface area (Å²) in [5.74, 6) is 0. The first-order valence-corrected chi connectivity index (χ1v) is 4.68. The Bertz CT molecular complexity index is 430. The number of amides is 1. The molecule has 0 saturated carbocycles. The van der Waals surface area contributed by atoms with Gasteiger partial charge in [-0.2, -0.15) is 13.2 Å². The molecule has 0 aliphatic carbocycles. The minimum atomic E-state index is -4.54. The van der Waals surface area contributed by atoms with Gasteiger partial charge in [-0.3, -0.25) is 5.32 Å². The first kappa shape index (κ1) is 13.3. The second-order valence-electron chi connectivity index (χ2n) is 3.56. The zero-order valence-corrected chi connectivity index (χ0v) is 8.88. The average Bonchev–Trinajstić information content (AvgIpc) is 2.14. The molecule has 0 aliphatic rings. The molecule has 0 bridgehead atoms. The van der Waals surface area contributed by atoms with Crippen molar-refractivity contribution in [3.8, 4) is 0 Å². The van der Waals surface area contributed by atoms with E-state index in [9.17, 15) is 18.0 Å². The van der Waals surface area contributed by atoms with E-state index in [0.717, 1.165) is 12.1 Å². The largest absolute Gasteiger partial charge is 0.465 e. The van der Waals surface area contributed by atoms with E-state index in [1.165, 1.54) is 13.0 Å². The van der Waals surface area contributed by atoms with E-state index >= 15 is 0 Å². The Balaban J connectivity index is 3.23. The van der Waals surface area contributed by atoms with Gasteiger partial charge in [0.1, 0.15) is 0 Å². The molecule has 1 rings (SSSR count). The van der Waals surface area contributed by atoms with Gasteiger partial charge in [0, 0.05) is 11.7 Å². The lowest BCUT2D eigenvalue weighted by atomic mass is 10.0. The van der Waals surface area contributed by atoms with Crippen molar-refractivity contribution in [2.24, 2.45) is 5.73 Å². The van der Waals surface area contributed by atoms with Crippen LogP contribution in [0, 0.1) is 0 Å². The summed E-state index contributed by atoms with van der Waals surface area (Å²) >= 11 is 0. The topological polar surface area (TPSA) is 75.3 Å². The van der Waals surface area contributed by atoms with Crippen molar-refractivity contribution < 1.29 is 23.1 Å². The van der Waals surface area contributed by atoms with Gasteiger partial charge in [0.15, 0.2) is 0 Å². The zero-order valence-electron chi connectivity index (χ0n) is 8.88. The number of nitrogens with one attached hydrogen (secondary N) is 1. The Morgan fingerprint density at radius 3 is 2.41 bits per heavy atom. The molecule has 1 unspecified atom stereocenters. The number of halogens is 3. The van der Waals surface area contributed by atoms with Gasteiger partial charge in [-0.25, -0.2) is 4.79 Å². The van der Waals surface area contributed by atoms with E-state index in [2.05, 4.69) is 0 Å². The van der Waals surface area contributed by atoms with Gasteiger partial charge in [-0.15, -0.1) is 0 Å². The molecule has 1 aromatic carbocycles. The molecule has 0 fully saturated rings. The van der Waals surface area contributed by atoms with Gasteiger partial charge in [0.25, 0.3) is 0 Å². The van der Waals surface area contributed by atoms with Crippen molar-refractivity contribution in [1.29, 1.82) is 0 Å². The molecule has 17 heavy (non-hydrogen) atoms. The highest BCUT2D eigenvalue weighted by atomic mass is 19.4. The summed E-state index contributed by atoms with van der Waals surface area (Å²) in [6, 6.07) is 2.28. The van der Waals surface area contributed by atoms with E-state index < -0.39 is 23.9 Å². The van der Waals surface area contributed by atoms with E-state index in [0.29, 0.717) is 0 Å². The molecule has 1 atom stereocenters. The van der Waals surface area contributed by atoms with Crippen molar-refractivity contribution in [1.82, 2.24) is 0 Å². The highest BCUT2D eigenvalue weighted by Gasteiger charge is 2.31. The minimum Gasteiger partial charge on any atom is -0.465 e. The summed E-state index contributed by atoms with van der Waals surface area (Å²) in [4.78, 5) is 10.4. The molecule has 94 valence electrons. The van der Waals surface area contributed by atoms with Crippen LogP contribution in [0.3, 0.4) is 0 Å². The van der Waals surface area contributed by atoms with Crippen LogP contribution in [0.25, 0.3) is 0 Å². The predicted molar refractivity (Wildman–Crippen MR) is 55.7 cm³/mol. The van der Waals surface area contributed by atoms with Crippen molar-refractivity contribution in [2.45, 2.75) is 19.1 Å². The van der Waals surface area contributed by atoms with Gasteiger partial charge < -0.3 is 10.8 Å². The molecular formula is C10H11F3N2O2. The third kappa shape index (κ3) is 3.63. The molecule has 0 aliphatic heterocycles. The normalized spacial score (nSPS) is 13.2. The fraction of sp³-hybridized carbons (Fsp3) is 0.300. The van der Waals surface area contributed by atoms with Crippen LogP contribution < -0.4 is 11.1 Å². The summed E-state index contributed by atoms with van der Waals surface area (Å²) in [6.45, 7) is 1.51. The first-order valence-electron chi connectivity index (χ1n) is 4.68. The Morgan fingerprint density at radius 1 is 1.41 bits per heavy atom. The summed E-state index contributed by atoms with van der Waals surface area (Å²) in [6.07, 6.45) is -5.97. The highest BCUT2D eigenvalue weighted by molar-refractivity contribution is 5.83. The van der Waals surface area contributed by atoms with E-state index in [-0.39, 0.29) is 11.3 Å². The lowest BCUT2D eigenvalue weighted by molar-refractivity contribution is -0.137. The second-order valence-corrected chi connectivity index (χ2v) is 3.56. The maximum absolute atomic E-state index is 12.5. The smallest absolute Gasteiger partial charge is 0.416 e. The number of nitrogens with two attached hydrogens (primary N) is 1. The van der Waals surface area contributed by atoms with Crippen molar-refractivity contribution in [3.05, 3.63) is 29.3 Å². The summed E-state index contributed by atoms with van der Waals surface area (Å²) in [5, 5.41) is 10.3. The first-order chi connectivity index (χ1) is 7.70. The van der Waals surface area contributed by atoms with Gasteiger partial charge in [-0.05, 0) is 30.7 Å².